The summed E-state index contributed by atoms with van der Waals surface area (Å²) in [5.74, 6) is -1.58. The van der Waals surface area contributed by atoms with Crippen LogP contribution >= 0.6 is 11.6 Å². The van der Waals surface area contributed by atoms with Crippen LogP contribution in [0.2, 0.25) is 5.02 Å². The molecule has 1 aliphatic heterocycles. The van der Waals surface area contributed by atoms with Crippen molar-refractivity contribution in [2.75, 3.05) is 31.2 Å². The number of pyridine rings is 1. The van der Waals surface area contributed by atoms with Gasteiger partial charge in [-0.1, -0.05) is 17.7 Å². The number of sulfonamides is 1. The van der Waals surface area contributed by atoms with Crippen molar-refractivity contribution < 1.29 is 30.8 Å². The highest BCUT2D eigenvalue weighted by molar-refractivity contribution is 7.89. The molecule has 0 radical (unpaired) electrons. The van der Waals surface area contributed by atoms with Gasteiger partial charge in [-0.2, -0.15) is 17.5 Å². The number of nitrogens with zero attached hydrogens (tertiary/aromatic N) is 3. The number of carbonyl (C=O) groups excluding carboxylic acids is 1. The Kier molecular flexibility index (Phi) is 7.00. The molecule has 1 amide bonds. The minimum absolute atomic E-state index is 0.0367. The zero-order valence-corrected chi connectivity index (χ0v) is 20.2. The predicted octanol–water partition coefficient (Wildman–Crippen LogP) is 3.55. The summed E-state index contributed by atoms with van der Waals surface area (Å²) < 4.78 is 80.7. The topological polar surface area (TPSA) is 82.6 Å². The first-order valence-corrected chi connectivity index (χ1v) is 12.8. The summed E-state index contributed by atoms with van der Waals surface area (Å²) in [4.78, 5) is 16.9. The van der Waals surface area contributed by atoms with Crippen molar-refractivity contribution in [2.24, 2.45) is 0 Å². The predicted molar refractivity (Wildman–Crippen MR) is 122 cm³/mol. The largest absolute Gasteiger partial charge is 0.414 e. The molecule has 0 saturated carbocycles. The molecule has 7 nitrogen and oxygen atoms in total. The number of halogens is 5. The number of rotatable bonds is 6. The Morgan fingerprint density at radius 1 is 1.29 bits per heavy atom. The molecule has 1 N–H and O–H groups in total. The van der Waals surface area contributed by atoms with Gasteiger partial charge >= 0.3 is 6.18 Å². The van der Waals surface area contributed by atoms with E-state index in [1.165, 1.54) is 18.3 Å². The first-order chi connectivity index (χ1) is 16.4. The molecular weight excluding hydrogens is 512 g/mol. The molecule has 4 rings (SSSR count). The fourth-order valence-electron chi connectivity index (χ4n) is 4.48. The fraction of sp³-hybridized carbons (Fsp3) is 0.455. The molecule has 13 heteroatoms. The molecule has 1 fully saturated rings. The van der Waals surface area contributed by atoms with Crippen molar-refractivity contribution in [3.05, 3.63) is 58.1 Å². The van der Waals surface area contributed by atoms with E-state index in [9.17, 15) is 30.8 Å². The van der Waals surface area contributed by atoms with Crippen molar-refractivity contribution in [1.29, 1.82) is 0 Å². The Labute approximate surface area is 205 Å². The molecular formula is C22H23ClF4N4O3S. The van der Waals surface area contributed by atoms with Gasteiger partial charge in [-0.15, -0.1) is 0 Å². The maximum atomic E-state index is 14.2. The van der Waals surface area contributed by atoms with Gasteiger partial charge < -0.3 is 10.2 Å². The molecule has 2 aromatic rings. The molecule has 1 unspecified atom stereocenters. The second-order valence-electron chi connectivity index (χ2n) is 8.67. The lowest BCUT2D eigenvalue weighted by Gasteiger charge is -2.30. The molecule has 2 heterocycles. The number of anilines is 1. The van der Waals surface area contributed by atoms with Gasteiger partial charge in [0.25, 0.3) is 0 Å². The van der Waals surface area contributed by atoms with E-state index in [2.05, 4.69) is 10.3 Å². The van der Waals surface area contributed by atoms with Crippen LogP contribution in [0.15, 0.2) is 30.5 Å². The van der Waals surface area contributed by atoms with Crippen molar-refractivity contribution in [3.8, 4) is 0 Å². The van der Waals surface area contributed by atoms with Crippen LogP contribution in [-0.2, 0) is 27.7 Å². The fourth-order valence-corrected chi connectivity index (χ4v) is 6.12. The number of alkyl halides is 3. The third-order valence-electron chi connectivity index (χ3n) is 6.25. The summed E-state index contributed by atoms with van der Waals surface area (Å²) in [6.07, 6.45) is -2.40. The summed E-state index contributed by atoms with van der Waals surface area (Å²) in [7, 11) is -2.66. The third kappa shape index (κ3) is 5.39. The lowest BCUT2D eigenvalue weighted by atomic mass is 10.1. The molecule has 1 aromatic heterocycles. The highest BCUT2D eigenvalue weighted by Crippen LogP contribution is 2.37. The second-order valence-corrected chi connectivity index (χ2v) is 11.2. The zero-order valence-electron chi connectivity index (χ0n) is 18.6. The summed E-state index contributed by atoms with van der Waals surface area (Å²) in [5, 5.41) is 3.18. The average Bonchev–Trinajstić information content (AvgIpc) is 3.33. The number of hydrogen-bond acceptors (Lipinski definition) is 5. The van der Waals surface area contributed by atoms with E-state index in [-0.39, 0.29) is 23.4 Å². The number of benzene rings is 1. The molecule has 1 saturated heterocycles. The number of nitrogens with one attached hydrogen (secondary N) is 1. The summed E-state index contributed by atoms with van der Waals surface area (Å²) in [5.41, 5.74) is 1.36. The number of hydrogen-bond donors (Lipinski definition) is 1. The minimum atomic E-state index is -4.83. The van der Waals surface area contributed by atoms with Crippen LogP contribution in [0.5, 0.6) is 0 Å². The first-order valence-electron chi connectivity index (χ1n) is 10.9. The summed E-state index contributed by atoms with van der Waals surface area (Å²) in [6.45, 7) is -0.563. The van der Waals surface area contributed by atoms with Crippen LogP contribution in [0.3, 0.4) is 0 Å². The highest BCUT2D eigenvalue weighted by Gasteiger charge is 2.47. The molecule has 0 bridgehead atoms. The van der Waals surface area contributed by atoms with Crippen LogP contribution in [0.1, 0.15) is 29.3 Å². The Morgan fingerprint density at radius 2 is 2.03 bits per heavy atom. The molecule has 0 spiro atoms. The zero-order chi connectivity index (χ0) is 25.5. The molecule has 1 aromatic carbocycles. The number of carbonyl (C=O) groups is 1. The maximum absolute atomic E-state index is 14.2. The lowest BCUT2D eigenvalue weighted by Crippen LogP contribution is -2.45. The quantitative estimate of drug-likeness (QED) is 0.573. The van der Waals surface area contributed by atoms with Crippen LogP contribution in [-0.4, -0.2) is 66.6 Å². The van der Waals surface area contributed by atoms with Gasteiger partial charge in [-0.05, 0) is 48.6 Å². The van der Waals surface area contributed by atoms with Gasteiger partial charge in [0.05, 0.1) is 34.9 Å². The molecule has 2 aliphatic rings. The molecule has 35 heavy (non-hydrogen) atoms. The normalized spacial score (nSPS) is 20.5. The minimum Gasteiger partial charge on any atom is -0.380 e. The lowest BCUT2D eigenvalue weighted by molar-refractivity contribution is -0.189. The van der Waals surface area contributed by atoms with Crippen molar-refractivity contribution in [2.45, 2.75) is 37.5 Å². The van der Waals surface area contributed by atoms with E-state index in [0.717, 1.165) is 23.0 Å². The number of amides is 1. The van der Waals surface area contributed by atoms with Gasteiger partial charge in [-0.25, -0.2) is 12.8 Å². The van der Waals surface area contributed by atoms with E-state index in [1.54, 1.807) is 6.07 Å². The number of likely N-dealkylation sites (N-methyl/N-ethyl adjacent to an activating group) is 1. The van der Waals surface area contributed by atoms with Gasteiger partial charge in [0.2, 0.25) is 15.9 Å². The molecule has 2 atom stereocenters. The van der Waals surface area contributed by atoms with Gasteiger partial charge in [0.1, 0.15) is 5.82 Å². The first kappa shape index (κ1) is 25.6. The van der Waals surface area contributed by atoms with E-state index >= 15 is 0 Å². The third-order valence-corrected chi connectivity index (χ3v) is 8.45. The average molecular weight is 535 g/mol. The van der Waals surface area contributed by atoms with E-state index < -0.39 is 46.2 Å². The number of fused-ring (bicyclic) bond motifs is 1. The molecule has 1 aliphatic carbocycles. The van der Waals surface area contributed by atoms with E-state index in [1.807, 2.05) is 0 Å². The highest BCUT2D eigenvalue weighted by atomic mass is 35.5. The second kappa shape index (κ2) is 9.55. The Bertz CT molecular complexity index is 1220. The van der Waals surface area contributed by atoms with E-state index in [0.29, 0.717) is 35.4 Å². The van der Waals surface area contributed by atoms with Crippen molar-refractivity contribution >= 4 is 33.2 Å². The van der Waals surface area contributed by atoms with Gasteiger partial charge in [-0.3, -0.25) is 9.78 Å². The monoisotopic (exact) mass is 534 g/mol. The van der Waals surface area contributed by atoms with Crippen LogP contribution in [0, 0.1) is 5.82 Å². The Morgan fingerprint density at radius 3 is 2.63 bits per heavy atom. The van der Waals surface area contributed by atoms with Crippen molar-refractivity contribution in [3.63, 3.8) is 0 Å². The van der Waals surface area contributed by atoms with Crippen LogP contribution < -0.4 is 5.32 Å². The van der Waals surface area contributed by atoms with Gasteiger partial charge in [0, 0.05) is 19.6 Å². The maximum Gasteiger partial charge on any atom is 0.414 e. The Balaban J connectivity index is 1.46. The molecule has 190 valence electrons. The summed E-state index contributed by atoms with van der Waals surface area (Å²) in [6, 6.07) is 3.28. The van der Waals surface area contributed by atoms with Crippen molar-refractivity contribution in [1.82, 2.24) is 14.2 Å². The standard InChI is InChI=1S/C22H23ClF4N4O3S/c1-30(19(32)12-31-7-2-8-35(31,33)34)21(22(25,26)27)18-6-4-14(11-28-18)29-15-9-13-3-5-17(23)20(24)16(13)10-15/h3-6,11,15,21,29H,2,7-10,12H2,1H3/t15?,21-/m0/s1. The SMILES string of the molecule is CN(C(=O)CN1CCCS1(=O)=O)[C@@H](c1ccc(NC2Cc3ccc(Cl)c(F)c3C2)cn1)C(F)(F)F. The smallest absolute Gasteiger partial charge is 0.380 e. The summed E-state index contributed by atoms with van der Waals surface area (Å²) >= 11 is 5.84. The number of aromatic nitrogens is 1. The Hall–Kier alpha value is -2.44. The van der Waals surface area contributed by atoms with Gasteiger partial charge in [0.15, 0.2) is 6.04 Å². The van der Waals surface area contributed by atoms with Crippen LogP contribution in [0.4, 0.5) is 23.2 Å². The van der Waals surface area contributed by atoms with Crippen LogP contribution in [0.25, 0.3) is 0 Å². The van der Waals surface area contributed by atoms with E-state index in [4.69, 9.17) is 11.6 Å².